The number of Topliss-reactive ketones (excluding diaryl/α,β-unsaturated/α-hetero) is 1. The highest BCUT2D eigenvalue weighted by molar-refractivity contribution is 7.11. The molecule has 2 fully saturated rings. The van der Waals surface area contributed by atoms with Crippen molar-refractivity contribution in [2.75, 3.05) is 31.1 Å². The lowest BCUT2D eigenvalue weighted by Crippen LogP contribution is -2.48. The number of ketones is 1. The number of nitrogens with zero attached hydrogens (tertiary/aromatic N) is 4. The summed E-state index contributed by atoms with van der Waals surface area (Å²) in [6.07, 6.45) is 6.66. The van der Waals surface area contributed by atoms with Crippen molar-refractivity contribution < 1.29 is 14.0 Å². The maximum absolute atomic E-state index is 14.5. The fourth-order valence-electron chi connectivity index (χ4n) is 8.06. The number of carbonyl (C=O) groups excluding carboxylic acids is 2. The number of carbonyl (C=O) groups is 2. The topological polar surface area (TPSA) is 68.8 Å². The SMILES string of the molecule is Cc1ccc(CNC2CCC(CCC3C(=O)c4cc(F)cnc4N(c4cccc(-c5ccc(CN6CCN(C(C)C)CC6)cc5)c4)C3=O)CC2)s1. The van der Waals surface area contributed by atoms with E-state index in [1.54, 1.807) is 4.90 Å². The Morgan fingerprint density at radius 1 is 0.902 bits per heavy atom. The number of fused-ring (bicyclic) bond motifs is 1. The summed E-state index contributed by atoms with van der Waals surface area (Å²) in [5.74, 6) is -1.36. The second-order valence-electron chi connectivity index (χ2n) is 15.0. The van der Waals surface area contributed by atoms with Gasteiger partial charge in [-0.3, -0.25) is 24.3 Å². The Morgan fingerprint density at radius 2 is 1.67 bits per heavy atom. The summed E-state index contributed by atoms with van der Waals surface area (Å²) in [4.78, 5) is 41.5. The summed E-state index contributed by atoms with van der Waals surface area (Å²) >= 11 is 1.84. The van der Waals surface area contributed by atoms with E-state index in [1.807, 2.05) is 35.6 Å². The van der Waals surface area contributed by atoms with Gasteiger partial charge in [0.25, 0.3) is 0 Å². The first-order valence-corrected chi connectivity index (χ1v) is 19.5. The molecule has 51 heavy (non-hydrogen) atoms. The van der Waals surface area contributed by atoms with Crippen LogP contribution in [-0.4, -0.2) is 64.7 Å². The van der Waals surface area contributed by atoms with Gasteiger partial charge in [0.15, 0.2) is 11.6 Å². The molecule has 4 aromatic rings. The molecule has 4 heterocycles. The van der Waals surface area contributed by atoms with Gasteiger partial charge in [0.1, 0.15) is 11.7 Å². The van der Waals surface area contributed by atoms with Crippen molar-refractivity contribution in [3.8, 4) is 11.1 Å². The minimum Gasteiger partial charge on any atom is -0.309 e. The zero-order valence-electron chi connectivity index (χ0n) is 30.1. The second kappa shape index (κ2) is 15.9. The van der Waals surface area contributed by atoms with Gasteiger partial charge in [0, 0.05) is 61.1 Å². The molecule has 1 atom stereocenters. The number of halogens is 1. The lowest BCUT2D eigenvalue weighted by atomic mass is 9.79. The molecule has 1 unspecified atom stereocenters. The Hall–Kier alpha value is -3.76. The minimum atomic E-state index is -0.857. The van der Waals surface area contributed by atoms with Crippen LogP contribution in [0.2, 0.25) is 0 Å². The maximum atomic E-state index is 14.5. The molecule has 2 aromatic heterocycles. The average Bonchev–Trinajstić information content (AvgIpc) is 3.57. The number of amides is 1. The lowest BCUT2D eigenvalue weighted by molar-refractivity contribution is -0.120. The van der Waals surface area contributed by atoms with E-state index in [0.29, 0.717) is 30.1 Å². The molecule has 1 N–H and O–H groups in total. The molecule has 1 saturated heterocycles. The number of anilines is 2. The zero-order valence-corrected chi connectivity index (χ0v) is 30.9. The van der Waals surface area contributed by atoms with Crippen LogP contribution in [0, 0.1) is 24.6 Å². The first-order chi connectivity index (χ1) is 24.7. The average molecular weight is 708 g/mol. The fourth-order valence-corrected chi connectivity index (χ4v) is 8.90. The molecule has 1 aliphatic carbocycles. The number of rotatable bonds is 11. The molecule has 2 aliphatic heterocycles. The predicted molar refractivity (Wildman–Crippen MR) is 204 cm³/mol. The molecule has 1 saturated carbocycles. The number of hydrogen-bond donors (Lipinski definition) is 1. The van der Waals surface area contributed by atoms with Crippen LogP contribution in [0.5, 0.6) is 0 Å². The quantitative estimate of drug-likeness (QED) is 0.158. The first-order valence-electron chi connectivity index (χ1n) is 18.7. The molecule has 3 aliphatic rings. The summed E-state index contributed by atoms with van der Waals surface area (Å²) in [5, 5.41) is 3.72. The Kier molecular flexibility index (Phi) is 11.1. The number of aromatic nitrogens is 1. The summed E-state index contributed by atoms with van der Waals surface area (Å²) in [6.45, 7) is 12.8. The van der Waals surface area contributed by atoms with Crippen LogP contribution in [0.3, 0.4) is 0 Å². The van der Waals surface area contributed by atoms with Crippen molar-refractivity contribution in [2.45, 2.75) is 84.5 Å². The van der Waals surface area contributed by atoms with Crippen LogP contribution in [0.25, 0.3) is 11.1 Å². The summed E-state index contributed by atoms with van der Waals surface area (Å²) in [6, 6.07) is 23.2. The number of benzene rings is 2. The highest BCUT2D eigenvalue weighted by Crippen LogP contribution is 2.39. The zero-order chi connectivity index (χ0) is 35.5. The van der Waals surface area contributed by atoms with Gasteiger partial charge in [-0.25, -0.2) is 9.37 Å². The van der Waals surface area contributed by atoms with Crippen molar-refractivity contribution in [3.63, 3.8) is 0 Å². The van der Waals surface area contributed by atoms with E-state index in [-0.39, 0.29) is 23.1 Å². The van der Waals surface area contributed by atoms with Gasteiger partial charge in [-0.2, -0.15) is 0 Å². The van der Waals surface area contributed by atoms with Crippen LogP contribution in [-0.2, 0) is 17.9 Å². The molecular weight excluding hydrogens is 658 g/mol. The van der Waals surface area contributed by atoms with Gasteiger partial charge in [-0.1, -0.05) is 36.4 Å². The van der Waals surface area contributed by atoms with Gasteiger partial charge in [-0.05, 0) is 112 Å². The van der Waals surface area contributed by atoms with Gasteiger partial charge in [0.2, 0.25) is 5.91 Å². The highest BCUT2D eigenvalue weighted by Gasteiger charge is 2.41. The fraction of sp³-hybridized carbons (Fsp3) is 0.452. The van der Waals surface area contributed by atoms with Gasteiger partial charge < -0.3 is 5.32 Å². The van der Waals surface area contributed by atoms with Crippen LogP contribution < -0.4 is 10.2 Å². The number of nitrogens with one attached hydrogen (secondary N) is 1. The number of piperazine rings is 1. The maximum Gasteiger partial charge on any atom is 0.243 e. The van der Waals surface area contributed by atoms with E-state index in [1.165, 1.54) is 21.4 Å². The molecule has 0 bridgehead atoms. The minimum absolute atomic E-state index is 0.181. The normalized spacial score (nSPS) is 21.7. The summed E-state index contributed by atoms with van der Waals surface area (Å²) in [7, 11) is 0. The first kappa shape index (κ1) is 35.6. The van der Waals surface area contributed by atoms with E-state index in [2.05, 4.69) is 77.3 Å². The van der Waals surface area contributed by atoms with E-state index in [9.17, 15) is 14.0 Å². The van der Waals surface area contributed by atoms with E-state index in [4.69, 9.17) is 0 Å². The van der Waals surface area contributed by atoms with Gasteiger partial charge >= 0.3 is 0 Å². The van der Waals surface area contributed by atoms with Crippen LogP contribution >= 0.6 is 11.3 Å². The molecule has 0 spiro atoms. The smallest absolute Gasteiger partial charge is 0.243 e. The van der Waals surface area contributed by atoms with E-state index >= 15 is 0 Å². The third-order valence-corrected chi connectivity index (χ3v) is 12.2. The predicted octanol–water partition coefficient (Wildman–Crippen LogP) is 8.39. The standard InChI is InChI=1S/C42H50FN5O2S/c1-28(2)47-21-19-46(20-22-47)27-31-8-13-32(14-9-31)33-5-4-6-36(23-33)48-41-39(24-34(43)25-45-41)40(49)38(42(48)50)18-12-30-10-15-35(16-11-30)44-26-37-17-7-29(3)51-37/h4-9,13-14,17,23-25,28,30,35,38,44H,10-12,15-16,18-22,26-27H2,1-3H3. The number of aryl methyl sites for hydroxylation is 1. The number of thiophene rings is 1. The van der Waals surface area contributed by atoms with Crippen LogP contribution in [0.15, 0.2) is 72.9 Å². The third-order valence-electron chi connectivity index (χ3n) is 11.2. The summed E-state index contributed by atoms with van der Waals surface area (Å²) < 4.78 is 14.5. The number of pyridine rings is 1. The summed E-state index contributed by atoms with van der Waals surface area (Å²) in [5.41, 5.74) is 4.10. The Labute approximate surface area is 305 Å². The van der Waals surface area contributed by atoms with E-state index in [0.717, 1.165) is 88.7 Å². The van der Waals surface area contributed by atoms with Crippen LogP contribution in [0.1, 0.15) is 78.0 Å². The molecule has 7 nitrogen and oxygen atoms in total. The highest BCUT2D eigenvalue weighted by atomic mass is 32.1. The number of hydrogen-bond acceptors (Lipinski definition) is 7. The monoisotopic (exact) mass is 707 g/mol. The largest absolute Gasteiger partial charge is 0.309 e. The molecule has 2 aromatic carbocycles. The third kappa shape index (κ3) is 8.33. The Balaban J connectivity index is 1.02. The molecule has 9 heteroatoms. The molecule has 7 rings (SSSR count). The molecular formula is C42H50FN5O2S. The molecule has 268 valence electrons. The van der Waals surface area contributed by atoms with E-state index < -0.39 is 11.7 Å². The van der Waals surface area contributed by atoms with Crippen molar-refractivity contribution in [1.29, 1.82) is 0 Å². The molecule has 1 amide bonds. The second-order valence-corrected chi connectivity index (χ2v) is 16.3. The van der Waals surface area contributed by atoms with Crippen LogP contribution in [0.4, 0.5) is 15.9 Å². The van der Waals surface area contributed by atoms with Crippen molar-refractivity contribution >= 4 is 34.5 Å². The van der Waals surface area contributed by atoms with Crippen molar-refractivity contribution in [1.82, 2.24) is 20.1 Å². The Bertz CT molecular complexity index is 1820. The van der Waals surface area contributed by atoms with Gasteiger partial charge in [0.05, 0.1) is 17.4 Å². The lowest BCUT2D eigenvalue weighted by Gasteiger charge is -2.36. The van der Waals surface area contributed by atoms with Crippen molar-refractivity contribution in [2.24, 2.45) is 11.8 Å². The van der Waals surface area contributed by atoms with Crippen molar-refractivity contribution in [3.05, 3.63) is 99.6 Å². The van der Waals surface area contributed by atoms with Gasteiger partial charge in [-0.15, -0.1) is 11.3 Å². The Morgan fingerprint density at radius 3 is 2.37 bits per heavy atom. The molecule has 0 radical (unpaired) electrons.